The average molecular weight is 341 g/mol. The Morgan fingerprint density at radius 1 is 1.50 bits per heavy atom. The van der Waals surface area contributed by atoms with Gasteiger partial charge in [0.25, 0.3) is 5.91 Å². The predicted molar refractivity (Wildman–Crippen MR) is 83.2 cm³/mol. The molecule has 1 aromatic rings. The van der Waals surface area contributed by atoms with Gasteiger partial charge in [-0.3, -0.25) is 4.79 Å². The van der Waals surface area contributed by atoms with Crippen LogP contribution in [0.4, 0.5) is 0 Å². The summed E-state index contributed by atoms with van der Waals surface area (Å²) in [5, 5.41) is 6.52. The fourth-order valence-electron chi connectivity index (χ4n) is 2.48. The molecule has 0 saturated carbocycles. The van der Waals surface area contributed by atoms with Crippen molar-refractivity contribution >= 4 is 21.8 Å². The van der Waals surface area contributed by atoms with Gasteiger partial charge in [0.15, 0.2) is 0 Å². The van der Waals surface area contributed by atoms with Crippen LogP contribution in [0.3, 0.4) is 0 Å². The predicted octanol–water partition coefficient (Wildman–Crippen LogP) is 2.58. The van der Waals surface area contributed by atoms with Crippen LogP contribution in [0, 0.1) is 5.41 Å². The lowest BCUT2D eigenvalue weighted by Crippen LogP contribution is -2.54. The lowest BCUT2D eigenvalue weighted by molar-refractivity contribution is 0.0867. The Balaban J connectivity index is 2.15. The van der Waals surface area contributed by atoms with Gasteiger partial charge in [-0.1, -0.05) is 13.8 Å². The molecule has 0 bridgehead atoms. The molecule has 20 heavy (non-hydrogen) atoms. The fraction of sp³-hybridized carbons (Fsp3) is 0.533. The Morgan fingerprint density at radius 2 is 2.25 bits per heavy atom. The van der Waals surface area contributed by atoms with E-state index in [9.17, 15) is 4.79 Å². The van der Waals surface area contributed by atoms with Gasteiger partial charge in [0.1, 0.15) is 5.75 Å². The van der Waals surface area contributed by atoms with Crippen molar-refractivity contribution in [3.8, 4) is 5.75 Å². The highest BCUT2D eigenvalue weighted by Gasteiger charge is 2.33. The maximum Gasteiger partial charge on any atom is 0.252 e. The Labute approximate surface area is 128 Å². The lowest BCUT2D eigenvalue weighted by Gasteiger charge is -2.39. The summed E-state index contributed by atoms with van der Waals surface area (Å²) in [5.74, 6) is 0.624. The van der Waals surface area contributed by atoms with E-state index in [0.29, 0.717) is 11.3 Å². The number of piperidine rings is 1. The molecular formula is C15H21BrN2O2. The molecule has 2 rings (SSSR count). The zero-order valence-electron chi connectivity index (χ0n) is 12.1. The van der Waals surface area contributed by atoms with Gasteiger partial charge in [-0.2, -0.15) is 0 Å². The summed E-state index contributed by atoms with van der Waals surface area (Å²) in [6.07, 6.45) is 0.945. The van der Waals surface area contributed by atoms with Gasteiger partial charge in [-0.15, -0.1) is 0 Å². The first-order valence-electron chi connectivity index (χ1n) is 6.79. The smallest absolute Gasteiger partial charge is 0.252 e. The minimum atomic E-state index is -0.0595. The Morgan fingerprint density at radius 3 is 2.90 bits per heavy atom. The molecule has 1 heterocycles. The second kappa shape index (κ2) is 6.14. The lowest BCUT2D eigenvalue weighted by atomic mass is 9.80. The molecule has 0 aromatic heterocycles. The van der Waals surface area contributed by atoms with Crippen LogP contribution in [0.5, 0.6) is 5.75 Å². The zero-order valence-corrected chi connectivity index (χ0v) is 13.7. The van der Waals surface area contributed by atoms with Crippen LogP contribution >= 0.6 is 15.9 Å². The number of amides is 1. The van der Waals surface area contributed by atoms with Gasteiger partial charge in [-0.25, -0.2) is 0 Å². The van der Waals surface area contributed by atoms with Crippen LogP contribution in [-0.2, 0) is 0 Å². The molecule has 1 saturated heterocycles. The maximum atomic E-state index is 12.5. The molecule has 0 spiro atoms. The second-order valence-electron chi connectivity index (χ2n) is 5.83. The molecule has 1 atom stereocenters. The van der Waals surface area contributed by atoms with Crippen molar-refractivity contribution in [3.05, 3.63) is 28.2 Å². The van der Waals surface area contributed by atoms with Gasteiger partial charge in [0, 0.05) is 17.1 Å². The van der Waals surface area contributed by atoms with Gasteiger partial charge >= 0.3 is 0 Å². The number of hydrogen-bond donors (Lipinski definition) is 2. The molecule has 1 aromatic carbocycles. The van der Waals surface area contributed by atoms with Gasteiger partial charge in [-0.05, 0) is 52.5 Å². The molecule has 110 valence electrons. The minimum Gasteiger partial charge on any atom is -0.497 e. The van der Waals surface area contributed by atoms with Crippen molar-refractivity contribution < 1.29 is 9.53 Å². The van der Waals surface area contributed by atoms with Crippen LogP contribution in [0.25, 0.3) is 0 Å². The van der Waals surface area contributed by atoms with Crippen LogP contribution in [-0.4, -0.2) is 32.1 Å². The highest BCUT2D eigenvalue weighted by molar-refractivity contribution is 9.10. The fourth-order valence-corrected chi connectivity index (χ4v) is 2.91. The topological polar surface area (TPSA) is 50.4 Å². The average Bonchev–Trinajstić information content (AvgIpc) is 2.41. The SMILES string of the molecule is COc1ccc(Br)c(C(=O)NC2CCNCC2(C)C)c1. The molecule has 1 fully saturated rings. The van der Waals surface area contributed by atoms with Crippen LogP contribution in [0.1, 0.15) is 30.6 Å². The van der Waals surface area contributed by atoms with E-state index in [4.69, 9.17) is 4.74 Å². The van der Waals surface area contributed by atoms with E-state index in [0.717, 1.165) is 24.0 Å². The van der Waals surface area contributed by atoms with Crippen molar-refractivity contribution in [1.29, 1.82) is 0 Å². The van der Waals surface area contributed by atoms with Crippen molar-refractivity contribution in [3.63, 3.8) is 0 Å². The van der Waals surface area contributed by atoms with E-state index in [-0.39, 0.29) is 17.4 Å². The molecule has 2 N–H and O–H groups in total. The summed E-state index contributed by atoms with van der Waals surface area (Å²) in [6, 6.07) is 5.60. The summed E-state index contributed by atoms with van der Waals surface area (Å²) in [4.78, 5) is 12.5. The molecule has 0 radical (unpaired) electrons. The number of ether oxygens (including phenoxy) is 1. The van der Waals surface area contributed by atoms with E-state index >= 15 is 0 Å². The summed E-state index contributed by atoms with van der Waals surface area (Å²) in [6.45, 7) is 6.19. The molecule has 1 aliphatic heterocycles. The Hall–Kier alpha value is -1.07. The van der Waals surface area contributed by atoms with Gasteiger partial charge < -0.3 is 15.4 Å². The number of carbonyl (C=O) groups is 1. The number of benzene rings is 1. The third-order valence-electron chi connectivity index (χ3n) is 3.86. The highest BCUT2D eigenvalue weighted by Crippen LogP contribution is 2.27. The van der Waals surface area contributed by atoms with E-state index in [2.05, 4.69) is 40.4 Å². The van der Waals surface area contributed by atoms with Gasteiger partial charge in [0.05, 0.1) is 12.7 Å². The van der Waals surface area contributed by atoms with Crippen molar-refractivity contribution in [2.24, 2.45) is 5.41 Å². The molecule has 0 aliphatic carbocycles. The van der Waals surface area contributed by atoms with Crippen molar-refractivity contribution in [2.75, 3.05) is 20.2 Å². The number of nitrogens with one attached hydrogen (secondary N) is 2. The minimum absolute atomic E-state index is 0.0548. The molecule has 1 amide bonds. The molecule has 5 heteroatoms. The second-order valence-corrected chi connectivity index (χ2v) is 6.68. The first kappa shape index (κ1) is 15.3. The number of rotatable bonds is 3. The van der Waals surface area contributed by atoms with Crippen molar-refractivity contribution in [1.82, 2.24) is 10.6 Å². The molecule has 1 unspecified atom stereocenters. The molecule has 1 aliphatic rings. The molecular weight excluding hydrogens is 320 g/mol. The third-order valence-corrected chi connectivity index (χ3v) is 4.55. The van der Waals surface area contributed by atoms with E-state index < -0.39 is 0 Å². The quantitative estimate of drug-likeness (QED) is 0.889. The van der Waals surface area contributed by atoms with Crippen LogP contribution in [0.15, 0.2) is 22.7 Å². The summed E-state index contributed by atoms with van der Waals surface area (Å²) < 4.78 is 5.96. The van der Waals surface area contributed by atoms with Crippen molar-refractivity contribution in [2.45, 2.75) is 26.3 Å². The van der Waals surface area contributed by atoms with Crippen LogP contribution in [0.2, 0.25) is 0 Å². The van der Waals surface area contributed by atoms with Crippen LogP contribution < -0.4 is 15.4 Å². The first-order chi connectivity index (χ1) is 9.44. The van der Waals surface area contributed by atoms with E-state index in [1.807, 2.05) is 12.1 Å². The van der Waals surface area contributed by atoms with Gasteiger partial charge in [0.2, 0.25) is 0 Å². The standard InChI is InChI=1S/C15H21BrN2O2/c1-15(2)9-17-7-6-13(15)18-14(19)11-8-10(20-3)4-5-12(11)16/h4-5,8,13,17H,6-7,9H2,1-3H3,(H,18,19). The Bertz CT molecular complexity index is 503. The van der Waals surface area contributed by atoms with E-state index in [1.54, 1.807) is 13.2 Å². The summed E-state index contributed by atoms with van der Waals surface area (Å²) >= 11 is 3.42. The van der Waals surface area contributed by atoms with E-state index in [1.165, 1.54) is 0 Å². The number of methoxy groups -OCH3 is 1. The first-order valence-corrected chi connectivity index (χ1v) is 7.58. The summed E-state index contributed by atoms with van der Waals surface area (Å²) in [7, 11) is 1.60. The number of carbonyl (C=O) groups excluding carboxylic acids is 1. The number of halogens is 1. The number of hydrogen-bond acceptors (Lipinski definition) is 3. The summed E-state index contributed by atoms with van der Waals surface area (Å²) in [5.41, 5.74) is 0.665. The maximum absolute atomic E-state index is 12.5. The normalized spacial score (nSPS) is 21.3. The Kier molecular flexibility index (Phi) is 4.70. The zero-order chi connectivity index (χ0) is 14.8. The highest BCUT2D eigenvalue weighted by atomic mass is 79.9. The largest absolute Gasteiger partial charge is 0.497 e. The monoisotopic (exact) mass is 340 g/mol. The third kappa shape index (κ3) is 3.33. The molecule has 4 nitrogen and oxygen atoms in total.